The molecule has 3 aromatic rings. The van der Waals surface area contributed by atoms with Gasteiger partial charge in [-0.2, -0.15) is 0 Å². The molecule has 2 heterocycles. The molecule has 0 N–H and O–H groups in total. The van der Waals surface area contributed by atoms with Crippen LogP contribution < -0.4 is 5.11 Å². The highest BCUT2D eigenvalue weighted by Gasteiger charge is 2.37. The van der Waals surface area contributed by atoms with E-state index in [1.807, 2.05) is 18.2 Å². The van der Waals surface area contributed by atoms with Crippen LogP contribution >= 0.6 is 0 Å². The number of aromatic nitrogens is 2. The average molecular weight is 446 g/mol. The van der Waals surface area contributed by atoms with E-state index in [1.165, 1.54) is 0 Å². The molecule has 6 heteroatoms. The van der Waals surface area contributed by atoms with Gasteiger partial charge in [-0.15, -0.1) is 0 Å². The third-order valence-electron chi connectivity index (χ3n) is 6.56. The zero-order valence-electron chi connectivity index (χ0n) is 19.1. The summed E-state index contributed by atoms with van der Waals surface area (Å²) in [7, 11) is 2.21. The van der Waals surface area contributed by atoms with Crippen molar-refractivity contribution in [2.75, 3.05) is 26.7 Å². The standard InChI is InChI=1S/C27H31N3O3/c1-30(18-8-14-24-16-17-28-21-29-24)19-9-15-25(20-30)33-26(31)27(32,22-10-4-2-5-11-22)23-12-6-3-7-13-23/h2-7,10-13,16-17,21,25H,8-9,14-15,18-20H2,1H3/t25?,30-/m1/s1. The lowest BCUT2D eigenvalue weighted by Gasteiger charge is -2.44. The summed E-state index contributed by atoms with van der Waals surface area (Å²) in [4.78, 5) is 21.7. The number of esters is 1. The van der Waals surface area contributed by atoms with Crippen molar-refractivity contribution in [3.05, 3.63) is 96.1 Å². The van der Waals surface area contributed by atoms with E-state index in [2.05, 4.69) is 17.0 Å². The van der Waals surface area contributed by atoms with E-state index in [0.717, 1.165) is 55.5 Å². The Morgan fingerprint density at radius 3 is 2.36 bits per heavy atom. The maximum absolute atomic E-state index is 14.1. The first-order valence-corrected chi connectivity index (χ1v) is 11.6. The fourth-order valence-corrected chi connectivity index (χ4v) is 4.76. The van der Waals surface area contributed by atoms with Crippen LogP contribution in [0.3, 0.4) is 0 Å². The molecule has 1 saturated heterocycles. The monoisotopic (exact) mass is 445 g/mol. The molecule has 33 heavy (non-hydrogen) atoms. The second-order valence-corrected chi connectivity index (χ2v) is 9.14. The molecule has 2 aromatic carbocycles. The first-order chi connectivity index (χ1) is 16.0. The Bertz CT molecular complexity index is 991. The number of ether oxygens (including phenoxy) is 1. The highest BCUT2D eigenvalue weighted by Crippen LogP contribution is 2.30. The number of benzene rings is 2. The Balaban J connectivity index is 1.44. The van der Waals surface area contributed by atoms with Crippen LogP contribution in [0.1, 0.15) is 36.1 Å². The second-order valence-electron chi connectivity index (χ2n) is 9.14. The van der Waals surface area contributed by atoms with E-state index in [1.54, 1.807) is 61.1 Å². The minimum absolute atomic E-state index is 0.268. The van der Waals surface area contributed by atoms with Crippen molar-refractivity contribution in [1.29, 1.82) is 0 Å². The Labute approximate surface area is 195 Å². The fraction of sp³-hybridized carbons (Fsp3) is 0.370. The van der Waals surface area contributed by atoms with Gasteiger partial charge in [0.2, 0.25) is 0 Å². The molecule has 0 spiro atoms. The molecule has 0 aliphatic carbocycles. The van der Waals surface area contributed by atoms with Gasteiger partial charge in [0, 0.05) is 30.3 Å². The minimum Gasteiger partial charge on any atom is -0.834 e. The number of aryl methyl sites for hydroxylation is 1. The zero-order valence-corrected chi connectivity index (χ0v) is 19.1. The Kier molecular flexibility index (Phi) is 7.16. The van der Waals surface area contributed by atoms with Gasteiger partial charge in [0.05, 0.1) is 20.1 Å². The van der Waals surface area contributed by atoms with E-state index in [0.29, 0.717) is 11.1 Å². The zero-order chi connectivity index (χ0) is 23.2. The van der Waals surface area contributed by atoms with Crippen LogP contribution in [-0.4, -0.2) is 53.2 Å². The molecule has 2 atom stereocenters. The maximum Gasteiger partial charge on any atom is 0.304 e. The topological polar surface area (TPSA) is 75.1 Å². The number of hydrogen-bond acceptors (Lipinski definition) is 5. The van der Waals surface area contributed by atoms with Crippen molar-refractivity contribution in [2.24, 2.45) is 0 Å². The molecule has 1 fully saturated rings. The van der Waals surface area contributed by atoms with E-state index in [4.69, 9.17) is 4.74 Å². The van der Waals surface area contributed by atoms with E-state index in [-0.39, 0.29) is 6.10 Å². The van der Waals surface area contributed by atoms with Crippen LogP contribution in [0.5, 0.6) is 0 Å². The van der Waals surface area contributed by atoms with Crippen LogP contribution in [0.25, 0.3) is 0 Å². The molecule has 172 valence electrons. The van der Waals surface area contributed by atoms with Crippen LogP contribution in [0.2, 0.25) is 0 Å². The predicted molar refractivity (Wildman–Crippen MR) is 124 cm³/mol. The number of likely N-dealkylation sites (N-methyl/N-ethyl adjacent to an activating group) is 1. The van der Waals surface area contributed by atoms with Gasteiger partial charge in [-0.1, -0.05) is 60.7 Å². The molecular weight excluding hydrogens is 414 g/mol. The van der Waals surface area contributed by atoms with Gasteiger partial charge in [0.1, 0.15) is 12.9 Å². The Morgan fingerprint density at radius 1 is 1.09 bits per heavy atom. The first-order valence-electron chi connectivity index (χ1n) is 11.6. The minimum atomic E-state index is -2.09. The molecule has 0 radical (unpaired) electrons. The summed E-state index contributed by atoms with van der Waals surface area (Å²) in [5, 5.41) is 14.1. The van der Waals surface area contributed by atoms with Gasteiger partial charge in [0.15, 0.2) is 6.10 Å². The second kappa shape index (κ2) is 10.2. The van der Waals surface area contributed by atoms with Crippen molar-refractivity contribution in [3.8, 4) is 0 Å². The molecule has 1 aliphatic rings. The number of carbonyl (C=O) groups excluding carboxylic acids is 1. The summed E-state index contributed by atoms with van der Waals surface area (Å²) in [6.45, 7) is 2.73. The van der Waals surface area contributed by atoms with E-state index in [9.17, 15) is 9.90 Å². The van der Waals surface area contributed by atoms with E-state index >= 15 is 0 Å². The number of quaternary nitrogens is 1. The predicted octanol–water partition coefficient (Wildman–Crippen LogP) is 2.87. The average Bonchev–Trinajstić information content (AvgIpc) is 2.85. The van der Waals surface area contributed by atoms with Crippen LogP contribution in [0, 0.1) is 0 Å². The normalized spacial score (nSPS) is 20.8. The summed E-state index contributed by atoms with van der Waals surface area (Å²) in [6.07, 6.45) is 6.71. The highest BCUT2D eigenvalue weighted by atomic mass is 16.6. The molecule has 6 nitrogen and oxygen atoms in total. The van der Waals surface area contributed by atoms with Crippen molar-refractivity contribution in [3.63, 3.8) is 0 Å². The SMILES string of the molecule is C[N@@+]1(CCCc2ccncn2)CCCC(OC(=O)C([O-])(c2ccccc2)c2ccccc2)C1. The van der Waals surface area contributed by atoms with Crippen LogP contribution in [0.4, 0.5) is 0 Å². The van der Waals surface area contributed by atoms with Crippen LogP contribution in [0.15, 0.2) is 79.3 Å². The van der Waals surface area contributed by atoms with Gasteiger partial charge >= 0.3 is 5.97 Å². The molecule has 0 bridgehead atoms. The summed E-state index contributed by atoms with van der Waals surface area (Å²) < 4.78 is 6.76. The lowest BCUT2D eigenvalue weighted by Crippen LogP contribution is -2.57. The van der Waals surface area contributed by atoms with Crippen molar-refractivity contribution in [2.45, 2.75) is 37.4 Å². The first kappa shape index (κ1) is 23.1. The van der Waals surface area contributed by atoms with Crippen molar-refractivity contribution < 1.29 is 19.1 Å². The molecule has 1 unspecified atom stereocenters. The molecule has 0 amide bonds. The largest absolute Gasteiger partial charge is 0.834 e. The van der Waals surface area contributed by atoms with Gasteiger partial charge in [-0.25, -0.2) is 9.97 Å². The molecule has 1 aromatic heterocycles. The molecular formula is C27H31N3O3. The third-order valence-corrected chi connectivity index (χ3v) is 6.56. The number of nitrogens with zero attached hydrogens (tertiary/aromatic N) is 3. The summed E-state index contributed by atoms with van der Waals surface area (Å²) in [6, 6.07) is 19.6. The van der Waals surface area contributed by atoms with Gasteiger partial charge < -0.3 is 14.3 Å². The number of carbonyl (C=O) groups is 1. The van der Waals surface area contributed by atoms with Crippen molar-refractivity contribution in [1.82, 2.24) is 9.97 Å². The number of hydrogen-bond donors (Lipinski definition) is 0. The number of piperidine rings is 1. The Morgan fingerprint density at radius 2 is 1.76 bits per heavy atom. The Hall–Kier alpha value is -3.09. The van der Waals surface area contributed by atoms with Gasteiger partial charge in [0.25, 0.3) is 0 Å². The molecule has 1 aliphatic heterocycles. The molecule has 0 saturated carbocycles. The summed E-state index contributed by atoms with van der Waals surface area (Å²) in [5.74, 6) is -0.723. The summed E-state index contributed by atoms with van der Waals surface area (Å²) >= 11 is 0. The third kappa shape index (κ3) is 5.46. The van der Waals surface area contributed by atoms with Gasteiger partial charge in [-0.05, 0) is 30.0 Å². The van der Waals surface area contributed by atoms with Crippen molar-refractivity contribution >= 4 is 5.97 Å². The smallest absolute Gasteiger partial charge is 0.304 e. The summed E-state index contributed by atoms with van der Waals surface area (Å²) in [5.41, 5.74) is -0.243. The van der Waals surface area contributed by atoms with E-state index < -0.39 is 11.6 Å². The maximum atomic E-state index is 14.1. The van der Waals surface area contributed by atoms with Gasteiger partial charge in [-0.3, -0.25) is 4.79 Å². The number of likely N-dealkylation sites (tertiary alicyclic amines) is 1. The lowest BCUT2D eigenvalue weighted by atomic mass is 9.86. The molecule has 4 rings (SSSR count). The number of rotatable bonds is 8. The highest BCUT2D eigenvalue weighted by molar-refractivity contribution is 5.85. The van der Waals surface area contributed by atoms with Crippen LogP contribution in [-0.2, 0) is 21.6 Å². The lowest BCUT2D eigenvalue weighted by molar-refractivity contribution is -0.917. The quantitative estimate of drug-likeness (QED) is 0.394. The fourth-order valence-electron chi connectivity index (χ4n) is 4.76.